The number of hydrogen-bond donors (Lipinski definition) is 0. The highest BCUT2D eigenvalue weighted by molar-refractivity contribution is 5.01. The Labute approximate surface area is 162 Å². The molecule has 3 saturated heterocycles. The Kier molecular flexibility index (Phi) is 4.98. The molecule has 4 aliphatic rings. The van der Waals surface area contributed by atoms with Crippen molar-refractivity contribution in [1.82, 2.24) is 14.7 Å². The molecule has 3 nitrogen and oxygen atoms in total. The molecule has 3 heteroatoms. The van der Waals surface area contributed by atoms with Crippen molar-refractivity contribution in [3.63, 3.8) is 0 Å². The zero-order chi connectivity index (χ0) is 18.7. The molecule has 1 saturated carbocycles. The molecule has 3 aliphatic heterocycles. The molecule has 4 rings (SSSR count). The van der Waals surface area contributed by atoms with E-state index in [4.69, 9.17) is 0 Å². The molecule has 0 radical (unpaired) electrons. The highest BCUT2D eigenvalue weighted by atomic mass is 15.3. The van der Waals surface area contributed by atoms with Gasteiger partial charge in [0.25, 0.3) is 0 Å². The summed E-state index contributed by atoms with van der Waals surface area (Å²) in [5.74, 6) is 2.97. The minimum Gasteiger partial charge on any atom is -0.298 e. The summed E-state index contributed by atoms with van der Waals surface area (Å²) in [4.78, 5) is 8.35. The molecule has 2 atom stereocenters. The molecule has 0 amide bonds. The number of likely N-dealkylation sites (tertiary alicyclic amines) is 3. The van der Waals surface area contributed by atoms with Gasteiger partial charge in [0, 0.05) is 56.9 Å². The Bertz CT molecular complexity index is 475. The fourth-order valence-electron chi connectivity index (χ4n) is 6.26. The lowest BCUT2D eigenvalue weighted by Crippen LogP contribution is -2.63. The predicted molar refractivity (Wildman–Crippen MR) is 110 cm³/mol. The van der Waals surface area contributed by atoms with Crippen LogP contribution in [0.15, 0.2) is 0 Å². The van der Waals surface area contributed by atoms with Crippen LogP contribution in [0.2, 0.25) is 0 Å². The van der Waals surface area contributed by atoms with Crippen LogP contribution in [0.5, 0.6) is 0 Å². The molecule has 1 aliphatic carbocycles. The van der Waals surface area contributed by atoms with E-state index in [0.717, 1.165) is 29.8 Å². The quantitative estimate of drug-likeness (QED) is 0.738. The van der Waals surface area contributed by atoms with Gasteiger partial charge in [0.1, 0.15) is 0 Å². The monoisotopic (exact) mass is 361 g/mol. The van der Waals surface area contributed by atoms with Gasteiger partial charge in [-0.3, -0.25) is 14.7 Å². The summed E-state index contributed by atoms with van der Waals surface area (Å²) < 4.78 is 0. The summed E-state index contributed by atoms with van der Waals surface area (Å²) in [5, 5.41) is 0. The van der Waals surface area contributed by atoms with E-state index in [9.17, 15) is 0 Å². The van der Waals surface area contributed by atoms with Crippen LogP contribution < -0.4 is 0 Å². The predicted octanol–water partition coefficient (Wildman–Crippen LogP) is 3.94. The average molecular weight is 362 g/mol. The maximum atomic E-state index is 2.87. The van der Waals surface area contributed by atoms with Gasteiger partial charge in [-0.2, -0.15) is 0 Å². The Morgan fingerprint density at radius 3 is 1.62 bits per heavy atom. The molecule has 150 valence electrons. The van der Waals surface area contributed by atoms with Crippen molar-refractivity contribution in [2.45, 2.75) is 84.8 Å². The van der Waals surface area contributed by atoms with Gasteiger partial charge < -0.3 is 0 Å². The highest BCUT2D eigenvalue weighted by Gasteiger charge is 2.48. The van der Waals surface area contributed by atoms with Crippen molar-refractivity contribution in [1.29, 1.82) is 0 Å². The molecule has 0 N–H and O–H groups in total. The standard InChI is InChI=1S/C23H43N3/c1-22(2,3)19-11-17-13-24(14-18(17)12-19)21-15-25(16-21)20-7-9-26(10-8-20)23(4,5)6/h17-21H,7-16H2,1-6H3. The molecular formula is C23H43N3. The van der Waals surface area contributed by atoms with Crippen LogP contribution >= 0.6 is 0 Å². The molecule has 2 unspecified atom stereocenters. The van der Waals surface area contributed by atoms with Gasteiger partial charge >= 0.3 is 0 Å². The second-order valence-electron chi connectivity index (χ2n) is 12.0. The van der Waals surface area contributed by atoms with Gasteiger partial charge in [-0.25, -0.2) is 0 Å². The van der Waals surface area contributed by atoms with E-state index < -0.39 is 0 Å². The third-order valence-corrected chi connectivity index (χ3v) is 8.34. The molecule has 0 aromatic heterocycles. The topological polar surface area (TPSA) is 9.72 Å². The van der Waals surface area contributed by atoms with Crippen molar-refractivity contribution < 1.29 is 0 Å². The fourth-order valence-corrected chi connectivity index (χ4v) is 6.26. The minimum atomic E-state index is 0.348. The van der Waals surface area contributed by atoms with Crippen molar-refractivity contribution in [3.05, 3.63) is 0 Å². The maximum Gasteiger partial charge on any atom is 0.0350 e. The molecule has 26 heavy (non-hydrogen) atoms. The van der Waals surface area contributed by atoms with Crippen molar-refractivity contribution in [2.24, 2.45) is 23.2 Å². The number of nitrogens with zero attached hydrogens (tertiary/aromatic N) is 3. The van der Waals surface area contributed by atoms with Crippen LogP contribution in [0.25, 0.3) is 0 Å². The summed E-state index contributed by atoms with van der Waals surface area (Å²) >= 11 is 0. The molecule has 3 heterocycles. The second-order valence-corrected chi connectivity index (χ2v) is 12.0. The molecule has 0 bridgehead atoms. The van der Waals surface area contributed by atoms with E-state index in [1.54, 1.807) is 0 Å². The summed E-state index contributed by atoms with van der Waals surface area (Å²) in [5.41, 5.74) is 0.866. The number of fused-ring (bicyclic) bond motifs is 1. The zero-order valence-electron chi connectivity index (χ0n) is 18.3. The van der Waals surface area contributed by atoms with E-state index in [1.165, 1.54) is 65.0 Å². The molecule has 0 aromatic carbocycles. The summed E-state index contributed by atoms with van der Waals surface area (Å²) in [6.45, 7) is 22.5. The van der Waals surface area contributed by atoms with Crippen LogP contribution in [0.3, 0.4) is 0 Å². The third-order valence-electron chi connectivity index (χ3n) is 8.34. The van der Waals surface area contributed by atoms with E-state index >= 15 is 0 Å². The first-order chi connectivity index (χ1) is 12.1. The second kappa shape index (κ2) is 6.74. The van der Waals surface area contributed by atoms with E-state index in [-0.39, 0.29) is 0 Å². The van der Waals surface area contributed by atoms with Crippen LogP contribution in [0.1, 0.15) is 67.2 Å². The lowest BCUT2D eigenvalue weighted by Gasteiger charge is -2.51. The van der Waals surface area contributed by atoms with Crippen LogP contribution in [-0.4, -0.2) is 71.6 Å². The van der Waals surface area contributed by atoms with Gasteiger partial charge in [0.05, 0.1) is 0 Å². The van der Waals surface area contributed by atoms with Gasteiger partial charge in [0.2, 0.25) is 0 Å². The Morgan fingerprint density at radius 1 is 0.654 bits per heavy atom. The first-order valence-corrected chi connectivity index (χ1v) is 11.3. The summed E-state index contributed by atoms with van der Waals surface area (Å²) in [6.07, 6.45) is 5.74. The zero-order valence-corrected chi connectivity index (χ0v) is 18.3. The largest absolute Gasteiger partial charge is 0.298 e. The van der Waals surface area contributed by atoms with E-state index in [0.29, 0.717) is 11.0 Å². The minimum absolute atomic E-state index is 0.348. The van der Waals surface area contributed by atoms with Crippen LogP contribution in [-0.2, 0) is 0 Å². The smallest absolute Gasteiger partial charge is 0.0350 e. The summed E-state index contributed by atoms with van der Waals surface area (Å²) in [6, 6.07) is 1.73. The maximum absolute atomic E-state index is 2.87. The SMILES string of the molecule is CC(C)(C)C1CC2CN(C3CN(C4CCN(C(C)(C)C)CC4)C3)CC2C1. The first kappa shape index (κ1) is 19.2. The lowest BCUT2D eigenvalue weighted by molar-refractivity contribution is -0.0205. The Morgan fingerprint density at radius 2 is 1.15 bits per heavy atom. The first-order valence-electron chi connectivity index (χ1n) is 11.3. The van der Waals surface area contributed by atoms with Crippen LogP contribution in [0.4, 0.5) is 0 Å². The molecular weight excluding hydrogens is 318 g/mol. The highest BCUT2D eigenvalue weighted by Crippen LogP contribution is 2.49. The number of rotatable bonds is 2. The van der Waals surface area contributed by atoms with Crippen LogP contribution in [0, 0.1) is 23.2 Å². The molecule has 4 fully saturated rings. The number of hydrogen-bond acceptors (Lipinski definition) is 3. The van der Waals surface area contributed by atoms with E-state index in [1.807, 2.05) is 0 Å². The van der Waals surface area contributed by atoms with E-state index in [2.05, 4.69) is 56.2 Å². The van der Waals surface area contributed by atoms with Crippen molar-refractivity contribution >= 4 is 0 Å². The van der Waals surface area contributed by atoms with Gasteiger partial charge in [-0.1, -0.05) is 20.8 Å². The fraction of sp³-hybridized carbons (Fsp3) is 1.00. The van der Waals surface area contributed by atoms with Crippen molar-refractivity contribution in [3.8, 4) is 0 Å². The third kappa shape index (κ3) is 3.73. The molecule has 0 spiro atoms. The van der Waals surface area contributed by atoms with Gasteiger partial charge in [-0.05, 0) is 69.6 Å². The van der Waals surface area contributed by atoms with Gasteiger partial charge in [0.15, 0.2) is 0 Å². The normalized spacial score (nSPS) is 36.5. The van der Waals surface area contributed by atoms with Gasteiger partial charge in [-0.15, -0.1) is 0 Å². The Hall–Kier alpha value is -0.120. The number of piperidine rings is 1. The lowest BCUT2D eigenvalue weighted by atomic mass is 9.79. The van der Waals surface area contributed by atoms with Crippen molar-refractivity contribution in [2.75, 3.05) is 39.3 Å². The molecule has 0 aromatic rings. The Balaban J connectivity index is 1.20. The average Bonchev–Trinajstić information content (AvgIpc) is 3.03. The summed E-state index contributed by atoms with van der Waals surface area (Å²) in [7, 11) is 0.